The Bertz CT molecular complexity index is 924. The van der Waals surface area contributed by atoms with Crippen molar-refractivity contribution in [1.29, 1.82) is 0 Å². The zero-order chi connectivity index (χ0) is 20.2. The normalized spacial score (nSPS) is 14.0. The molecular weight excluding hydrogens is 358 g/mol. The largest absolute Gasteiger partial charge is 0.368 e. The molecule has 3 aromatic carbocycles. The Hall–Kier alpha value is -3.27. The molecule has 4 nitrogen and oxygen atoms in total. The summed E-state index contributed by atoms with van der Waals surface area (Å²) < 4.78 is 0. The van der Waals surface area contributed by atoms with Crippen molar-refractivity contribution < 1.29 is 4.79 Å². The summed E-state index contributed by atoms with van der Waals surface area (Å²) in [5, 5.41) is 0. The summed E-state index contributed by atoms with van der Waals surface area (Å²) in [7, 11) is 0. The van der Waals surface area contributed by atoms with Gasteiger partial charge in [-0.25, -0.2) is 4.79 Å². The highest BCUT2D eigenvalue weighted by atomic mass is 16.2. The molecule has 1 fully saturated rings. The predicted octanol–water partition coefficient (Wildman–Crippen LogP) is 5.38. The van der Waals surface area contributed by atoms with E-state index in [0.29, 0.717) is 13.1 Å². The number of para-hydroxylation sites is 2. The van der Waals surface area contributed by atoms with Crippen molar-refractivity contribution in [2.75, 3.05) is 36.0 Å². The molecule has 1 heterocycles. The van der Waals surface area contributed by atoms with Gasteiger partial charge in [-0.1, -0.05) is 48.5 Å². The van der Waals surface area contributed by atoms with Gasteiger partial charge in [0.15, 0.2) is 0 Å². The standard InChI is InChI=1S/C25H27N3O/c1-20-10-9-15-24(21(20)2)26-16-18-27(19-17-26)25(29)28(22-11-5-3-6-12-22)23-13-7-4-8-14-23/h3-15H,16-19H2,1-2H3. The Balaban J connectivity index is 1.53. The van der Waals surface area contributed by atoms with E-state index in [2.05, 4.69) is 36.9 Å². The number of carbonyl (C=O) groups excluding carboxylic acids is 1. The van der Waals surface area contributed by atoms with Crippen LogP contribution in [0.15, 0.2) is 78.9 Å². The fourth-order valence-electron chi connectivity index (χ4n) is 3.88. The topological polar surface area (TPSA) is 26.8 Å². The van der Waals surface area contributed by atoms with Crippen LogP contribution < -0.4 is 9.80 Å². The van der Waals surface area contributed by atoms with Crippen molar-refractivity contribution in [3.8, 4) is 0 Å². The molecule has 1 aliphatic rings. The Morgan fingerprint density at radius 3 is 1.83 bits per heavy atom. The lowest BCUT2D eigenvalue weighted by Crippen LogP contribution is -2.52. The van der Waals surface area contributed by atoms with Gasteiger partial charge in [0.05, 0.1) is 11.4 Å². The zero-order valence-electron chi connectivity index (χ0n) is 17.1. The van der Waals surface area contributed by atoms with Crippen LogP contribution in [-0.2, 0) is 0 Å². The molecule has 0 aromatic heterocycles. The van der Waals surface area contributed by atoms with E-state index >= 15 is 0 Å². The van der Waals surface area contributed by atoms with Crippen molar-refractivity contribution in [1.82, 2.24) is 4.90 Å². The number of amides is 2. The van der Waals surface area contributed by atoms with Gasteiger partial charge < -0.3 is 9.80 Å². The first-order chi connectivity index (χ1) is 14.1. The highest BCUT2D eigenvalue weighted by Gasteiger charge is 2.27. The molecule has 0 unspecified atom stereocenters. The summed E-state index contributed by atoms with van der Waals surface area (Å²) in [6, 6.07) is 26.2. The number of nitrogens with zero attached hydrogens (tertiary/aromatic N) is 3. The second-order valence-electron chi connectivity index (χ2n) is 7.48. The van der Waals surface area contributed by atoms with Crippen LogP contribution in [0.4, 0.5) is 21.9 Å². The number of anilines is 3. The molecule has 0 saturated carbocycles. The molecule has 0 aliphatic carbocycles. The van der Waals surface area contributed by atoms with E-state index < -0.39 is 0 Å². The van der Waals surface area contributed by atoms with Crippen molar-refractivity contribution in [2.24, 2.45) is 0 Å². The Kier molecular flexibility index (Phi) is 5.52. The van der Waals surface area contributed by atoms with Crippen molar-refractivity contribution in [3.63, 3.8) is 0 Å². The van der Waals surface area contributed by atoms with Crippen molar-refractivity contribution in [3.05, 3.63) is 90.0 Å². The molecule has 29 heavy (non-hydrogen) atoms. The molecule has 0 bridgehead atoms. The van der Waals surface area contributed by atoms with Crippen molar-refractivity contribution >= 4 is 23.1 Å². The van der Waals surface area contributed by atoms with Crippen LogP contribution in [0, 0.1) is 13.8 Å². The van der Waals surface area contributed by atoms with Gasteiger partial charge in [0.25, 0.3) is 0 Å². The minimum absolute atomic E-state index is 0.0306. The highest BCUT2D eigenvalue weighted by molar-refractivity contribution is 5.99. The molecule has 0 atom stereocenters. The molecular formula is C25H27N3O. The summed E-state index contributed by atoms with van der Waals surface area (Å²) >= 11 is 0. The maximum atomic E-state index is 13.5. The van der Waals surface area contributed by atoms with E-state index in [0.717, 1.165) is 24.5 Å². The number of piperazine rings is 1. The lowest BCUT2D eigenvalue weighted by atomic mass is 10.1. The number of benzene rings is 3. The molecule has 4 rings (SSSR count). The van der Waals surface area contributed by atoms with Crippen molar-refractivity contribution in [2.45, 2.75) is 13.8 Å². The molecule has 148 valence electrons. The molecule has 0 spiro atoms. The van der Waals surface area contributed by atoms with Crippen LogP contribution in [0.3, 0.4) is 0 Å². The first kappa shape index (κ1) is 19.1. The monoisotopic (exact) mass is 385 g/mol. The second kappa shape index (κ2) is 8.39. The molecule has 3 aromatic rings. The number of hydrogen-bond acceptors (Lipinski definition) is 2. The number of rotatable bonds is 3. The quantitative estimate of drug-likeness (QED) is 0.605. The van der Waals surface area contributed by atoms with Crippen LogP contribution >= 0.6 is 0 Å². The van der Waals surface area contributed by atoms with Gasteiger partial charge in [-0.05, 0) is 55.3 Å². The minimum Gasteiger partial charge on any atom is -0.368 e. The van der Waals surface area contributed by atoms with Crippen LogP contribution in [0.2, 0.25) is 0 Å². The summed E-state index contributed by atoms with van der Waals surface area (Å²) in [5.74, 6) is 0. The maximum Gasteiger partial charge on any atom is 0.329 e. The number of urea groups is 1. The fraction of sp³-hybridized carbons (Fsp3) is 0.240. The molecule has 2 amide bonds. The van der Waals surface area contributed by atoms with Crippen LogP contribution in [0.25, 0.3) is 0 Å². The van der Waals surface area contributed by atoms with E-state index in [9.17, 15) is 4.79 Å². The molecule has 1 aliphatic heterocycles. The number of hydrogen-bond donors (Lipinski definition) is 0. The lowest BCUT2D eigenvalue weighted by molar-refractivity contribution is 0.203. The third-order valence-corrected chi connectivity index (χ3v) is 5.69. The molecule has 0 N–H and O–H groups in total. The van der Waals surface area contributed by atoms with E-state index in [1.54, 1.807) is 0 Å². The average Bonchev–Trinajstić information content (AvgIpc) is 2.77. The van der Waals surface area contributed by atoms with Gasteiger partial charge in [0, 0.05) is 31.9 Å². The van der Waals surface area contributed by atoms with E-state index in [4.69, 9.17) is 0 Å². The summed E-state index contributed by atoms with van der Waals surface area (Å²) in [5.41, 5.74) is 5.68. The molecule has 1 saturated heterocycles. The molecule has 0 radical (unpaired) electrons. The van der Waals surface area contributed by atoms with E-state index in [1.807, 2.05) is 70.5 Å². The third kappa shape index (κ3) is 3.97. The van der Waals surface area contributed by atoms with Crippen LogP contribution in [0.1, 0.15) is 11.1 Å². The van der Waals surface area contributed by atoms with Gasteiger partial charge in [-0.15, -0.1) is 0 Å². The minimum atomic E-state index is 0.0306. The smallest absolute Gasteiger partial charge is 0.329 e. The lowest BCUT2D eigenvalue weighted by Gasteiger charge is -2.39. The summed E-state index contributed by atoms with van der Waals surface area (Å²) in [6.45, 7) is 7.43. The summed E-state index contributed by atoms with van der Waals surface area (Å²) in [4.78, 5) is 19.7. The van der Waals surface area contributed by atoms with Gasteiger partial charge in [-0.3, -0.25) is 4.90 Å². The second-order valence-corrected chi connectivity index (χ2v) is 7.48. The highest BCUT2D eigenvalue weighted by Crippen LogP contribution is 2.28. The predicted molar refractivity (Wildman–Crippen MR) is 120 cm³/mol. The van der Waals surface area contributed by atoms with E-state index in [-0.39, 0.29) is 6.03 Å². The first-order valence-corrected chi connectivity index (χ1v) is 10.2. The third-order valence-electron chi connectivity index (χ3n) is 5.69. The Morgan fingerprint density at radius 1 is 0.724 bits per heavy atom. The fourth-order valence-corrected chi connectivity index (χ4v) is 3.88. The number of aryl methyl sites for hydroxylation is 1. The number of carbonyl (C=O) groups is 1. The summed E-state index contributed by atoms with van der Waals surface area (Å²) in [6.07, 6.45) is 0. The van der Waals surface area contributed by atoms with Gasteiger partial charge in [0.2, 0.25) is 0 Å². The van der Waals surface area contributed by atoms with Gasteiger partial charge >= 0.3 is 6.03 Å². The van der Waals surface area contributed by atoms with E-state index in [1.165, 1.54) is 16.8 Å². The Morgan fingerprint density at radius 2 is 1.28 bits per heavy atom. The SMILES string of the molecule is Cc1cccc(N2CCN(C(=O)N(c3ccccc3)c3ccccc3)CC2)c1C. The molecule has 4 heteroatoms. The van der Waals surface area contributed by atoms with Crippen LogP contribution in [-0.4, -0.2) is 37.1 Å². The van der Waals surface area contributed by atoms with Gasteiger partial charge in [0.1, 0.15) is 0 Å². The first-order valence-electron chi connectivity index (χ1n) is 10.2. The maximum absolute atomic E-state index is 13.5. The van der Waals surface area contributed by atoms with Gasteiger partial charge in [-0.2, -0.15) is 0 Å². The van der Waals surface area contributed by atoms with Crippen LogP contribution in [0.5, 0.6) is 0 Å². The Labute approximate surface area is 173 Å². The average molecular weight is 386 g/mol. The zero-order valence-corrected chi connectivity index (χ0v) is 17.1.